The Morgan fingerprint density at radius 3 is 2.23 bits per heavy atom. The summed E-state index contributed by atoms with van der Waals surface area (Å²) >= 11 is 0. The Kier molecular flexibility index (Phi) is 11.4. The highest BCUT2D eigenvalue weighted by Gasteiger charge is 2.21. The minimum atomic E-state index is -0.825. The van der Waals surface area contributed by atoms with Gasteiger partial charge in [-0.3, -0.25) is 14.9 Å². The topological polar surface area (TPSA) is 97.3 Å². The second-order valence-electron chi connectivity index (χ2n) is 8.99. The molecule has 8 nitrogen and oxygen atoms in total. The normalized spacial score (nSPS) is 23.2. The Morgan fingerprint density at radius 1 is 1.07 bits per heavy atom. The fourth-order valence-corrected chi connectivity index (χ4v) is 3.13. The van der Waals surface area contributed by atoms with Crippen LogP contribution in [0.3, 0.4) is 0 Å². The van der Waals surface area contributed by atoms with Crippen LogP contribution in [-0.2, 0) is 19.1 Å². The maximum Gasteiger partial charge on any atom is 0.437 e. The highest BCUT2D eigenvalue weighted by atomic mass is 16.6. The molecule has 1 saturated heterocycles. The van der Waals surface area contributed by atoms with Crippen molar-refractivity contribution < 1.29 is 23.9 Å². The number of nitrogens with one attached hydrogen (secondary N) is 1. The molecular formula is C22H39N3O5. The first kappa shape index (κ1) is 25.9. The van der Waals surface area contributed by atoms with Gasteiger partial charge in [0.2, 0.25) is 11.9 Å². The van der Waals surface area contributed by atoms with Gasteiger partial charge in [-0.15, -0.1) is 4.99 Å². The van der Waals surface area contributed by atoms with Crippen LogP contribution in [0.1, 0.15) is 91.9 Å². The molecule has 1 aliphatic rings. The van der Waals surface area contributed by atoms with Gasteiger partial charge in [-0.1, -0.05) is 38.5 Å². The van der Waals surface area contributed by atoms with E-state index in [1.54, 1.807) is 27.8 Å². The van der Waals surface area contributed by atoms with Crippen LogP contribution >= 0.6 is 0 Å². The number of esters is 1. The van der Waals surface area contributed by atoms with Crippen LogP contribution in [0.2, 0.25) is 0 Å². The maximum absolute atomic E-state index is 12.3. The fourth-order valence-electron chi connectivity index (χ4n) is 3.13. The molecule has 1 N–H and O–H groups in total. The summed E-state index contributed by atoms with van der Waals surface area (Å²) in [6.07, 6.45) is 8.75. The number of rotatable bonds is 0. The molecule has 0 spiro atoms. The van der Waals surface area contributed by atoms with E-state index >= 15 is 0 Å². The average Bonchev–Trinajstić information content (AvgIpc) is 2.60. The molecule has 1 heterocycles. The molecule has 1 aliphatic heterocycles. The van der Waals surface area contributed by atoms with Gasteiger partial charge in [0.25, 0.3) is 0 Å². The van der Waals surface area contributed by atoms with Crippen molar-refractivity contribution in [2.45, 2.75) is 104 Å². The van der Waals surface area contributed by atoms with Crippen molar-refractivity contribution in [2.75, 3.05) is 13.6 Å². The van der Waals surface area contributed by atoms with Crippen molar-refractivity contribution in [3.63, 3.8) is 0 Å². The second kappa shape index (κ2) is 13.2. The first-order valence-electron chi connectivity index (χ1n) is 11.1. The minimum Gasteiger partial charge on any atom is -0.461 e. The molecule has 1 fully saturated rings. The van der Waals surface area contributed by atoms with Crippen LogP contribution in [0.25, 0.3) is 0 Å². The number of hydrogen-bond acceptors (Lipinski definition) is 5. The molecule has 8 heteroatoms. The highest BCUT2D eigenvalue weighted by Crippen LogP contribution is 2.13. The van der Waals surface area contributed by atoms with E-state index in [1.807, 2.05) is 6.92 Å². The van der Waals surface area contributed by atoms with Crippen molar-refractivity contribution in [3.05, 3.63) is 0 Å². The predicted molar refractivity (Wildman–Crippen MR) is 116 cm³/mol. The van der Waals surface area contributed by atoms with Crippen molar-refractivity contribution in [2.24, 2.45) is 4.99 Å². The summed E-state index contributed by atoms with van der Waals surface area (Å²) in [5.41, 5.74) is -0.715. The Balaban J connectivity index is 2.87. The second-order valence-corrected chi connectivity index (χ2v) is 8.99. The number of guanidine groups is 1. The van der Waals surface area contributed by atoms with E-state index in [1.165, 1.54) is 24.2 Å². The number of amides is 2. The molecule has 0 radical (unpaired) electrons. The molecule has 30 heavy (non-hydrogen) atoms. The maximum atomic E-state index is 12.3. The number of carbonyl (C=O) groups is 3. The molecule has 1 atom stereocenters. The van der Waals surface area contributed by atoms with Gasteiger partial charge in [0.1, 0.15) is 12.1 Å². The van der Waals surface area contributed by atoms with Crippen molar-refractivity contribution in [1.82, 2.24) is 10.2 Å². The monoisotopic (exact) mass is 425 g/mol. The first-order chi connectivity index (χ1) is 14.1. The Labute approximate surface area is 180 Å². The summed E-state index contributed by atoms with van der Waals surface area (Å²) in [5, 5.41) is 2.65. The number of nitrogens with zero attached hydrogens (tertiary/aromatic N) is 2. The molecule has 0 aliphatic carbocycles. The Morgan fingerprint density at radius 2 is 1.63 bits per heavy atom. The SMILES string of the molecule is CC1CCCCCCCCCCC(=O)NC(=NC(=O)OC(C)(C)C)N(C)CC(=O)O1. The van der Waals surface area contributed by atoms with E-state index < -0.39 is 17.7 Å². The van der Waals surface area contributed by atoms with Crippen molar-refractivity contribution >= 4 is 23.9 Å². The summed E-state index contributed by atoms with van der Waals surface area (Å²) < 4.78 is 10.7. The van der Waals surface area contributed by atoms with E-state index in [4.69, 9.17) is 9.47 Å². The van der Waals surface area contributed by atoms with Crippen molar-refractivity contribution in [1.29, 1.82) is 0 Å². The summed E-state index contributed by atoms with van der Waals surface area (Å²) in [4.78, 5) is 42.1. The number of cyclic esters (lactones) is 1. The van der Waals surface area contributed by atoms with Gasteiger partial charge >= 0.3 is 12.1 Å². The van der Waals surface area contributed by atoms with Crippen molar-refractivity contribution in [3.8, 4) is 0 Å². The lowest BCUT2D eigenvalue weighted by Crippen LogP contribution is -2.45. The molecule has 1 unspecified atom stereocenters. The van der Waals surface area contributed by atoms with Crippen LogP contribution in [-0.4, -0.2) is 54.1 Å². The van der Waals surface area contributed by atoms with Crippen LogP contribution in [0.15, 0.2) is 4.99 Å². The first-order valence-corrected chi connectivity index (χ1v) is 11.1. The smallest absolute Gasteiger partial charge is 0.437 e. The largest absolute Gasteiger partial charge is 0.461 e. The van der Waals surface area contributed by atoms with E-state index in [0.29, 0.717) is 6.42 Å². The molecule has 0 saturated carbocycles. The molecule has 172 valence electrons. The van der Waals surface area contributed by atoms with Crippen LogP contribution in [0, 0.1) is 0 Å². The zero-order valence-corrected chi connectivity index (χ0v) is 19.3. The quantitative estimate of drug-likeness (QED) is 0.585. The van der Waals surface area contributed by atoms with E-state index in [-0.39, 0.29) is 24.5 Å². The molecular weight excluding hydrogens is 386 g/mol. The van der Waals surface area contributed by atoms with Gasteiger partial charge in [0, 0.05) is 13.5 Å². The lowest BCUT2D eigenvalue weighted by molar-refractivity contribution is -0.148. The average molecular weight is 426 g/mol. The zero-order valence-electron chi connectivity index (χ0n) is 19.3. The summed E-state index contributed by atoms with van der Waals surface area (Å²) in [6, 6.07) is 0. The predicted octanol–water partition coefficient (Wildman–Crippen LogP) is 4.17. The number of ether oxygens (including phenoxy) is 2. The highest BCUT2D eigenvalue weighted by molar-refractivity contribution is 6.01. The fraction of sp³-hybridized carbons (Fsp3) is 0.818. The number of aliphatic imine (C=N–C) groups is 1. The van der Waals surface area contributed by atoms with Crippen LogP contribution < -0.4 is 5.32 Å². The zero-order chi connectivity index (χ0) is 22.6. The van der Waals surface area contributed by atoms with Gasteiger partial charge in [0.05, 0.1) is 6.10 Å². The third-order valence-electron chi connectivity index (χ3n) is 4.67. The molecule has 0 aromatic carbocycles. The van der Waals surface area contributed by atoms with Gasteiger partial charge < -0.3 is 14.4 Å². The van der Waals surface area contributed by atoms with E-state index in [9.17, 15) is 14.4 Å². The minimum absolute atomic E-state index is 0.0139. The number of carbonyl (C=O) groups excluding carboxylic acids is 3. The number of hydrogen-bond donors (Lipinski definition) is 1. The molecule has 0 aromatic heterocycles. The van der Waals surface area contributed by atoms with Gasteiger partial charge in [-0.25, -0.2) is 4.79 Å². The Hall–Kier alpha value is -2.12. The summed E-state index contributed by atoms with van der Waals surface area (Å²) in [7, 11) is 1.58. The Bertz CT molecular complexity index is 598. The van der Waals surface area contributed by atoms with Crippen LogP contribution in [0.4, 0.5) is 4.79 Å². The third-order valence-corrected chi connectivity index (χ3v) is 4.67. The number of likely N-dealkylation sites (N-methyl/N-ethyl adjacent to an activating group) is 1. The lowest BCUT2D eigenvalue weighted by atomic mass is 10.1. The standard InChI is InChI=1S/C22H39N3O5/c1-17-14-12-10-8-6-7-9-11-13-15-18(26)23-20(25(5)16-19(27)29-17)24-21(28)30-22(2,3)4/h17H,6-16H2,1-5H3,(H,23,24,26,28). The van der Waals surface area contributed by atoms with E-state index in [2.05, 4.69) is 10.3 Å². The van der Waals surface area contributed by atoms with E-state index in [0.717, 1.165) is 38.5 Å². The summed E-state index contributed by atoms with van der Waals surface area (Å²) in [5.74, 6) is -0.691. The molecule has 0 bridgehead atoms. The lowest BCUT2D eigenvalue weighted by Gasteiger charge is -2.23. The molecule has 2 amide bonds. The molecule has 1 rings (SSSR count). The van der Waals surface area contributed by atoms with Crippen LogP contribution in [0.5, 0.6) is 0 Å². The third kappa shape index (κ3) is 12.4. The summed E-state index contributed by atoms with van der Waals surface area (Å²) in [6.45, 7) is 6.95. The van der Waals surface area contributed by atoms with Gasteiger partial charge in [-0.05, 0) is 47.0 Å². The van der Waals surface area contributed by atoms with Gasteiger partial charge in [-0.2, -0.15) is 0 Å². The molecule has 0 aromatic rings. The van der Waals surface area contributed by atoms with Gasteiger partial charge in [0.15, 0.2) is 0 Å².